The van der Waals surface area contributed by atoms with E-state index in [0.29, 0.717) is 19.7 Å². The first-order chi connectivity index (χ1) is 12.2. The second kappa shape index (κ2) is 11.9. The maximum absolute atomic E-state index is 5.54. The van der Waals surface area contributed by atoms with Gasteiger partial charge in [-0.15, -0.1) is 35.3 Å². The second-order valence-electron chi connectivity index (χ2n) is 5.27. The van der Waals surface area contributed by atoms with Crippen LogP contribution in [-0.4, -0.2) is 31.7 Å². The van der Waals surface area contributed by atoms with Gasteiger partial charge in [0.1, 0.15) is 5.01 Å². The summed E-state index contributed by atoms with van der Waals surface area (Å²) in [5, 5.41) is 7.64. The minimum atomic E-state index is 0. The molecule has 0 saturated carbocycles. The molecule has 0 spiro atoms. The zero-order valence-electron chi connectivity index (χ0n) is 15.7. The van der Waals surface area contributed by atoms with Gasteiger partial charge in [-0.25, -0.2) is 4.98 Å². The minimum Gasteiger partial charge on any atom is -0.493 e. The highest BCUT2D eigenvalue weighted by Crippen LogP contribution is 2.27. The zero-order valence-corrected chi connectivity index (χ0v) is 18.8. The molecule has 1 heterocycles. The molecule has 0 amide bonds. The Balaban J connectivity index is 0.00000338. The molecule has 1 aromatic carbocycles. The molecule has 0 radical (unpaired) electrons. The van der Waals surface area contributed by atoms with Crippen molar-refractivity contribution in [3.05, 3.63) is 39.8 Å². The molecule has 2 aromatic rings. The summed E-state index contributed by atoms with van der Waals surface area (Å²) in [7, 11) is 3.40. The predicted octanol–water partition coefficient (Wildman–Crippen LogP) is 3.60. The predicted molar refractivity (Wildman–Crippen MR) is 118 cm³/mol. The van der Waals surface area contributed by atoms with Crippen molar-refractivity contribution in [1.29, 1.82) is 0 Å². The third-order valence-electron chi connectivity index (χ3n) is 3.57. The number of aliphatic imine (C=N–C) groups is 1. The van der Waals surface area contributed by atoms with Crippen molar-refractivity contribution in [2.45, 2.75) is 33.4 Å². The van der Waals surface area contributed by atoms with E-state index in [-0.39, 0.29) is 24.0 Å². The van der Waals surface area contributed by atoms with E-state index in [1.54, 1.807) is 25.5 Å². The van der Waals surface area contributed by atoms with E-state index in [2.05, 4.69) is 27.5 Å². The first-order valence-electron chi connectivity index (χ1n) is 8.37. The smallest absolute Gasteiger partial charge is 0.191 e. The molecule has 2 N–H and O–H groups in total. The van der Waals surface area contributed by atoms with Crippen molar-refractivity contribution in [2.24, 2.45) is 4.99 Å². The lowest BCUT2D eigenvalue weighted by Gasteiger charge is -2.13. The Labute approximate surface area is 176 Å². The van der Waals surface area contributed by atoms with Crippen molar-refractivity contribution < 1.29 is 9.47 Å². The summed E-state index contributed by atoms with van der Waals surface area (Å²) in [6.45, 7) is 6.01. The monoisotopic (exact) mass is 490 g/mol. The van der Waals surface area contributed by atoms with Gasteiger partial charge < -0.3 is 20.1 Å². The quantitative estimate of drug-likeness (QED) is 0.336. The number of aryl methyl sites for hydroxylation is 1. The number of thiazole rings is 1. The van der Waals surface area contributed by atoms with Gasteiger partial charge >= 0.3 is 0 Å². The molecule has 0 fully saturated rings. The van der Waals surface area contributed by atoms with Crippen LogP contribution in [0.15, 0.2) is 29.4 Å². The number of nitrogens with one attached hydrogen (secondary N) is 2. The molecule has 0 aliphatic heterocycles. The molecular weight excluding hydrogens is 463 g/mol. The largest absolute Gasteiger partial charge is 0.493 e. The second-order valence-corrected chi connectivity index (χ2v) is 6.47. The van der Waals surface area contributed by atoms with Crippen molar-refractivity contribution in [3.63, 3.8) is 0 Å². The summed E-state index contributed by atoms with van der Waals surface area (Å²) < 4.78 is 10.9. The fourth-order valence-electron chi connectivity index (χ4n) is 2.26. The average Bonchev–Trinajstić information content (AvgIpc) is 3.11. The molecule has 0 bridgehead atoms. The number of hydrogen-bond donors (Lipinski definition) is 2. The number of aromatic nitrogens is 1. The first-order valence-corrected chi connectivity index (χ1v) is 9.19. The highest BCUT2D eigenvalue weighted by molar-refractivity contribution is 14.0. The summed E-state index contributed by atoms with van der Waals surface area (Å²) in [4.78, 5) is 9.95. The fourth-order valence-corrected chi connectivity index (χ4v) is 3.06. The van der Waals surface area contributed by atoms with Crippen LogP contribution in [0.2, 0.25) is 0 Å². The van der Waals surface area contributed by atoms with Gasteiger partial charge in [-0.1, -0.05) is 13.0 Å². The number of hydrogen-bond acceptors (Lipinski definition) is 5. The van der Waals surface area contributed by atoms with Crippen LogP contribution in [0.1, 0.15) is 29.3 Å². The molecule has 8 heteroatoms. The number of nitrogens with zero attached hydrogens (tertiary/aromatic N) is 2. The Bertz CT molecular complexity index is 706. The Kier molecular flexibility index (Phi) is 10.3. The Morgan fingerprint density at radius 3 is 2.58 bits per heavy atom. The van der Waals surface area contributed by atoms with Gasteiger partial charge in [-0.05, 0) is 31.0 Å². The topological polar surface area (TPSA) is 67.8 Å². The highest BCUT2D eigenvalue weighted by Gasteiger charge is 2.07. The lowest BCUT2D eigenvalue weighted by molar-refractivity contribution is 0.310. The molecular formula is C18H27IN4O2S. The van der Waals surface area contributed by atoms with E-state index in [1.165, 1.54) is 4.88 Å². The van der Waals surface area contributed by atoms with Crippen LogP contribution in [0, 0.1) is 0 Å². The minimum absolute atomic E-state index is 0. The van der Waals surface area contributed by atoms with Crippen LogP contribution in [-0.2, 0) is 19.5 Å². The highest BCUT2D eigenvalue weighted by atomic mass is 127. The lowest BCUT2D eigenvalue weighted by atomic mass is 10.2. The van der Waals surface area contributed by atoms with Crippen molar-refractivity contribution in [3.8, 4) is 11.5 Å². The molecule has 1 aromatic heterocycles. The van der Waals surface area contributed by atoms with E-state index in [4.69, 9.17) is 9.47 Å². The number of methoxy groups -OCH3 is 1. The normalized spacial score (nSPS) is 10.8. The summed E-state index contributed by atoms with van der Waals surface area (Å²) in [5.74, 6) is 2.23. The van der Waals surface area contributed by atoms with E-state index in [0.717, 1.165) is 34.5 Å². The third kappa shape index (κ3) is 6.64. The summed E-state index contributed by atoms with van der Waals surface area (Å²) in [6.07, 6.45) is 2.95. The van der Waals surface area contributed by atoms with E-state index < -0.39 is 0 Å². The molecule has 26 heavy (non-hydrogen) atoms. The maximum atomic E-state index is 5.54. The molecule has 0 unspecified atom stereocenters. The van der Waals surface area contributed by atoms with Crippen LogP contribution in [0.4, 0.5) is 0 Å². The molecule has 6 nitrogen and oxygen atoms in total. The zero-order chi connectivity index (χ0) is 18.1. The summed E-state index contributed by atoms with van der Waals surface area (Å²) in [6, 6.07) is 5.92. The van der Waals surface area contributed by atoms with Crippen molar-refractivity contribution in [2.75, 3.05) is 20.8 Å². The number of ether oxygens (including phenoxy) is 2. The van der Waals surface area contributed by atoms with Gasteiger partial charge in [0.05, 0.1) is 20.3 Å². The molecule has 144 valence electrons. The van der Waals surface area contributed by atoms with Crippen LogP contribution in [0.25, 0.3) is 0 Å². The van der Waals surface area contributed by atoms with Gasteiger partial charge in [-0.2, -0.15) is 0 Å². The van der Waals surface area contributed by atoms with Crippen LogP contribution in [0.3, 0.4) is 0 Å². The van der Waals surface area contributed by atoms with E-state index in [1.807, 2.05) is 31.3 Å². The van der Waals surface area contributed by atoms with Crippen LogP contribution >= 0.6 is 35.3 Å². The Hall–Kier alpha value is -1.55. The molecule has 0 aliphatic rings. The molecule has 0 aliphatic carbocycles. The number of halogens is 1. The lowest BCUT2D eigenvalue weighted by Crippen LogP contribution is -2.36. The van der Waals surface area contributed by atoms with Crippen LogP contribution in [0.5, 0.6) is 11.5 Å². The number of rotatable bonds is 8. The van der Waals surface area contributed by atoms with Gasteiger partial charge in [0.15, 0.2) is 17.5 Å². The van der Waals surface area contributed by atoms with E-state index in [9.17, 15) is 0 Å². The average molecular weight is 490 g/mol. The summed E-state index contributed by atoms with van der Waals surface area (Å²) >= 11 is 1.72. The Morgan fingerprint density at radius 1 is 1.19 bits per heavy atom. The number of guanidine groups is 1. The molecule has 0 atom stereocenters. The fraction of sp³-hybridized carbons (Fsp3) is 0.444. The van der Waals surface area contributed by atoms with Gasteiger partial charge in [0.25, 0.3) is 0 Å². The molecule has 0 saturated heterocycles. The SMILES string of the molecule is CCOc1ccc(CNC(=NC)NCc2ncc(CC)s2)cc1OC.I. The number of benzene rings is 1. The van der Waals surface area contributed by atoms with Crippen molar-refractivity contribution in [1.82, 2.24) is 15.6 Å². The third-order valence-corrected chi connectivity index (χ3v) is 4.71. The van der Waals surface area contributed by atoms with Crippen molar-refractivity contribution >= 4 is 41.3 Å². The van der Waals surface area contributed by atoms with E-state index >= 15 is 0 Å². The van der Waals surface area contributed by atoms with Crippen LogP contribution < -0.4 is 20.1 Å². The summed E-state index contributed by atoms with van der Waals surface area (Å²) in [5.41, 5.74) is 1.09. The van der Waals surface area contributed by atoms with Gasteiger partial charge in [0, 0.05) is 24.7 Å². The first kappa shape index (κ1) is 22.5. The van der Waals surface area contributed by atoms with Gasteiger partial charge in [-0.3, -0.25) is 4.99 Å². The molecule has 2 rings (SSSR count). The maximum Gasteiger partial charge on any atom is 0.191 e. The standard InChI is InChI=1S/C18H26N4O2S.HI/c1-5-14-11-20-17(25-14)12-22-18(19-3)21-10-13-7-8-15(24-6-2)16(9-13)23-4;/h7-9,11H,5-6,10,12H2,1-4H3,(H2,19,21,22);1H. The Morgan fingerprint density at radius 2 is 1.96 bits per heavy atom. The van der Waals surface area contributed by atoms with Gasteiger partial charge in [0.2, 0.25) is 0 Å².